The number of ether oxygens (including phenoxy) is 1. The van der Waals surface area contributed by atoms with E-state index in [2.05, 4.69) is 26.9 Å². The maximum Gasteiger partial charge on any atom is 0 e. The molecule has 0 saturated carbocycles. The van der Waals surface area contributed by atoms with E-state index >= 15 is 0 Å². The van der Waals surface area contributed by atoms with Gasteiger partial charge in [-0.25, -0.2) is 0 Å². The molecular formula is C20H20FeO6-. The number of carbonyl (C=O) groups excluding carboxylic acids is 2. The van der Waals surface area contributed by atoms with E-state index in [0.29, 0.717) is 5.56 Å². The Morgan fingerprint density at radius 3 is 2.15 bits per heavy atom. The summed E-state index contributed by atoms with van der Waals surface area (Å²) in [4.78, 5) is 22.1. The van der Waals surface area contributed by atoms with Crippen molar-refractivity contribution in [2.75, 3.05) is 0 Å². The van der Waals surface area contributed by atoms with Crippen LogP contribution in [0.15, 0.2) is 30.3 Å². The summed E-state index contributed by atoms with van der Waals surface area (Å²) < 4.78 is 27.4. The number of hydrogen-bond acceptors (Lipinski definition) is 3. The van der Waals surface area contributed by atoms with E-state index in [1.165, 1.54) is 12.9 Å². The van der Waals surface area contributed by atoms with Gasteiger partial charge >= 0.3 is 33.9 Å². The largest absolute Gasteiger partial charge is 0 e. The molecule has 1 aromatic carbocycles. The SMILES string of the molecule is CCCCC[C@H]([CH][CH][CH]C(=O)c1ccccc1)O[C-]=O.[C-]#[O+].[C-]#[O+].[C-]#[O+].[Fe]. The molecule has 0 unspecified atom stereocenters. The van der Waals surface area contributed by atoms with Gasteiger partial charge in [-0.3, -0.25) is 4.79 Å². The van der Waals surface area contributed by atoms with Crippen molar-refractivity contribution in [2.24, 2.45) is 0 Å². The second kappa shape index (κ2) is 28.9. The zero-order valence-electron chi connectivity index (χ0n) is 14.8. The number of unbranched alkanes of at least 4 members (excludes halogenated alkanes) is 2. The fourth-order valence-corrected chi connectivity index (χ4v) is 1.82. The van der Waals surface area contributed by atoms with Gasteiger partial charge in [0, 0.05) is 35.5 Å². The van der Waals surface area contributed by atoms with E-state index in [0.717, 1.165) is 25.7 Å². The van der Waals surface area contributed by atoms with Crippen LogP contribution in [0.25, 0.3) is 0 Å². The van der Waals surface area contributed by atoms with Crippen LogP contribution in [-0.4, -0.2) is 18.4 Å². The van der Waals surface area contributed by atoms with E-state index in [-0.39, 0.29) is 29.0 Å². The van der Waals surface area contributed by atoms with Crippen LogP contribution in [-0.2, 0) is 40.6 Å². The molecule has 7 heteroatoms. The summed E-state index contributed by atoms with van der Waals surface area (Å²) in [5, 5.41) is 0. The molecule has 0 saturated heterocycles. The number of carbonyl (C=O) groups is 1. The van der Waals surface area contributed by atoms with E-state index < -0.39 is 0 Å². The maximum absolute atomic E-state index is 11.8. The normalized spacial score (nSPS) is 9.00. The van der Waals surface area contributed by atoms with Crippen LogP contribution in [0.3, 0.4) is 0 Å². The first kappa shape index (κ1) is 32.7. The number of hydrogen-bond donors (Lipinski definition) is 0. The third-order valence-corrected chi connectivity index (χ3v) is 2.92. The minimum atomic E-state index is -0.307. The summed E-state index contributed by atoms with van der Waals surface area (Å²) in [6.07, 6.45) is 8.49. The molecule has 145 valence electrons. The minimum absolute atomic E-state index is 0. The molecule has 0 aliphatic rings. The molecule has 0 fully saturated rings. The first-order valence-electron chi connectivity index (χ1n) is 7.53. The fourth-order valence-electron chi connectivity index (χ4n) is 1.82. The van der Waals surface area contributed by atoms with Crippen LogP contribution >= 0.6 is 0 Å². The fraction of sp³-hybridized carbons (Fsp3) is 0.300. The summed E-state index contributed by atoms with van der Waals surface area (Å²) >= 11 is 0. The molecule has 1 aromatic rings. The standard InChI is InChI=1S/C17H20O3.3CO.Fe/c1-2-3-5-11-16(20-14-18)12-8-13-17(19)15-9-6-4-7-10-15;3*1-2;/h4,6-10,12-13,16H,2-3,5,11H2,1H3;;;;/q-1;;;;/t16-;;;;/m1..../s1. The van der Waals surface area contributed by atoms with Crippen LogP contribution in [0.1, 0.15) is 43.0 Å². The number of Topliss-reactive ketones (excluding diaryl/α,β-unsaturated/α-hetero) is 1. The van der Waals surface area contributed by atoms with Crippen LogP contribution in [0.2, 0.25) is 0 Å². The molecule has 1 atom stereocenters. The van der Waals surface area contributed by atoms with Gasteiger partial charge in [0.15, 0.2) is 5.78 Å². The van der Waals surface area contributed by atoms with Crippen LogP contribution in [0, 0.1) is 39.2 Å². The molecule has 27 heavy (non-hydrogen) atoms. The van der Waals surface area contributed by atoms with E-state index in [1.807, 2.05) is 18.2 Å². The maximum atomic E-state index is 11.8. The van der Waals surface area contributed by atoms with Gasteiger partial charge in [-0.05, 0) is 19.3 Å². The molecule has 0 aliphatic heterocycles. The van der Waals surface area contributed by atoms with Crippen molar-refractivity contribution in [2.45, 2.75) is 38.7 Å². The predicted octanol–water partition coefficient (Wildman–Crippen LogP) is 3.40. The number of rotatable bonds is 11. The van der Waals surface area contributed by atoms with E-state index in [9.17, 15) is 9.59 Å². The average molecular weight is 412 g/mol. The van der Waals surface area contributed by atoms with Gasteiger partial charge in [0.25, 0.3) is 0 Å². The van der Waals surface area contributed by atoms with Crippen molar-refractivity contribution in [3.8, 4) is 0 Å². The van der Waals surface area contributed by atoms with Gasteiger partial charge in [0.1, 0.15) is 0 Å². The van der Waals surface area contributed by atoms with Gasteiger partial charge in [0.05, 0.1) is 6.10 Å². The third-order valence-electron chi connectivity index (χ3n) is 2.92. The Balaban J connectivity index is -0.000000342. The first-order chi connectivity index (χ1) is 12.8. The molecule has 0 bridgehead atoms. The Morgan fingerprint density at radius 2 is 1.67 bits per heavy atom. The van der Waals surface area contributed by atoms with Gasteiger partial charge < -0.3 is 9.53 Å². The Morgan fingerprint density at radius 1 is 1.11 bits per heavy atom. The summed E-state index contributed by atoms with van der Waals surface area (Å²) in [6, 6.07) is 9.04. The Kier molecular flexibility index (Phi) is 35.0. The zero-order chi connectivity index (χ0) is 20.6. The second-order valence-electron chi connectivity index (χ2n) is 4.52. The molecule has 0 aliphatic carbocycles. The quantitative estimate of drug-likeness (QED) is 0.183. The predicted molar refractivity (Wildman–Crippen MR) is 90.2 cm³/mol. The van der Waals surface area contributed by atoms with Crippen molar-refractivity contribution in [1.29, 1.82) is 0 Å². The first-order valence-corrected chi connectivity index (χ1v) is 7.53. The van der Waals surface area contributed by atoms with E-state index in [4.69, 9.17) is 18.7 Å². The molecule has 0 N–H and O–H groups in total. The van der Waals surface area contributed by atoms with Crippen molar-refractivity contribution in [3.05, 3.63) is 75.1 Å². The molecule has 3 radical (unpaired) electrons. The van der Waals surface area contributed by atoms with Crippen LogP contribution in [0.5, 0.6) is 0 Å². The molecule has 0 aromatic heterocycles. The number of ketones is 1. The second-order valence-corrected chi connectivity index (χ2v) is 4.52. The molecule has 1 rings (SSSR count). The molecule has 6 nitrogen and oxygen atoms in total. The van der Waals surface area contributed by atoms with Crippen LogP contribution in [0.4, 0.5) is 0 Å². The van der Waals surface area contributed by atoms with Crippen molar-refractivity contribution in [3.63, 3.8) is 0 Å². The Labute approximate surface area is 171 Å². The van der Waals surface area contributed by atoms with Gasteiger partial charge in [-0.2, -0.15) is 0 Å². The smallest absolute Gasteiger partial charge is 0 e. The van der Waals surface area contributed by atoms with E-state index in [1.54, 1.807) is 25.0 Å². The molecular weight excluding hydrogens is 392 g/mol. The Bertz CT molecular complexity index is 496. The summed E-state index contributed by atoms with van der Waals surface area (Å²) in [7, 11) is 0. The molecule has 0 spiro atoms. The topological polar surface area (TPSA) is 103 Å². The van der Waals surface area contributed by atoms with Crippen molar-refractivity contribution in [1.82, 2.24) is 0 Å². The average Bonchev–Trinajstić information content (AvgIpc) is 2.73. The minimum Gasteiger partial charge on any atom is 0 e. The third kappa shape index (κ3) is 20.3. The zero-order valence-corrected chi connectivity index (χ0v) is 15.9. The summed E-state index contributed by atoms with van der Waals surface area (Å²) in [6.45, 7) is 17.1. The molecule has 0 heterocycles. The Hall–Kier alpha value is -1.90. The van der Waals surface area contributed by atoms with Gasteiger partial charge in [-0.15, -0.1) is 0 Å². The number of benzene rings is 1. The summed E-state index contributed by atoms with van der Waals surface area (Å²) in [5.74, 6) is -0.0655. The summed E-state index contributed by atoms with van der Waals surface area (Å²) in [5.41, 5.74) is 0.641. The van der Waals surface area contributed by atoms with Crippen molar-refractivity contribution >= 4 is 12.3 Å². The van der Waals surface area contributed by atoms with Crippen LogP contribution < -0.4 is 0 Å². The van der Waals surface area contributed by atoms with Gasteiger partial charge in [0.2, 0.25) is 0 Å². The molecule has 0 amide bonds. The monoisotopic (exact) mass is 412 g/mol. The van der Waals surface area contributed by atoms with Gasteiger partial charge in [-0.1, -0.05) is 56.6 Å². The van der Waals surface area contributed by atoms with Crippen molar-refractivity contribution < 1.29 is 45.4 Å².